The highest BCUT2D eigenvalue weighted by Crippen LogP contribution is 2.46. The number of benzene rings is 2. The average Bonchev–Trinajstić information content (AvgIpc) is 3.09. The van der Waals surface area contributed by atoms with E-state index in [1.807, 2.05) is 32.1 Å². The molecule has 2 heterocycles. The van der Waals surface area contributed by atoms with Gasteiger partial charge in [-0.15, -0.1) is 0 Å². The maximum atomic E-state index is 13.4. The summed E-state index contributed by atoms with van der Waals surface area (Å²) in [6, 6.07) is 11.4. The zero-order chi connectivity index (χ0) is 29.8. The number of carbonyl (C=O) groups is 1. The van der Waals surface area contributed by atoms with Gasteiger partial charge in [-0.25, -0.2) is 13.1 Å². The van der Waals surface area contributed by atoms with Gasteiger partial charge in [-0.2, -0.15) is 0 Å². The van der Waals surface area contributed by atoms with Crippen molar-refractivity contribution in [2.24, 2.45) is 23.7 Å². The number of nitrogens with zero attached hydrogens (tertiary/aromatic N) is 1. The lowest BCUT2D eigenvalue weighted by Crippen LogP contribution is -2.49. The molecule has 2 bridgehead atoms. The number of halogens is 1. The summed E-state index contributed by atoms with van der Waals surface area (Å²) in [6.45, 7) is 7.36. The fourth-order valence-corrected chi connectivity index (χ4v) is 8.98. The number of aliphatic hydroxyl groups excluding tert-OH is 1. The van der Waals surface area contributed by atoms with Gasteiger partial charge in [-0.1, -0.05) is 43.7 Å². The summed E-state index contributed by atoms with van der Waals surface area (Å²) in [5.74, 6) is 0.0790. The molecule has 226 valence electrons. The fourth-order valence-electron chi connectivity index (χ4n) is 7.41. The Bertz CT molecular complexity index is 1510. The molecule has 0 aromatic heterocycles. The number of aliphatic hydroxyl groups is 1. The van der Waals surface area contributed by atoms with E-state index in [2.05, 4.69) is 21.8 Å². The van der Waals surface area contributed by atoms with Crippen molar-refractivity contribution in [2.75, 3.05) is 24.6 Å². The molecule has 2 aliphatic carbocycles. The van der Waals surface area contributed by atoms with E-state index in [1.54, 1.807) is 25.1 Å². The molecule has 2 aliphatic heterocycles. The largest absolute Gasteiger partial charge is 0.490 e. The van der Waals surface area contributed by atoms with Gasteiger partial charge in [0.15, 0.2) is 0 Å². The first-order valence-electron chi connectivity index (χ1n) is 15.2. The van der Waals surface area contributed by atoms with Crippen LogP contribution in [0.15, 0.2) is 48.6 Å². The second kappa shape index (κ2) is 11.2. The quantitative estimate of drug-likeness (QED) is 0.382. The standard InChI is InChI=1S/C33H41ClN2O5S/c1-20-6-12-30(37)27-10-7-25(27)17-36-18-33(14-4-5-23-15-26(34)9-11-28(23)33)19-41-31-13-8-24(16-29(31)36)32(38)35-42(39,40)22(3)21(20)2/h6,8-9,11-13,15-16,20-22,25,27,30,37H,4-5,7,10,14,17-19H2,1-3H3,(H,35,38)/b12-6-/t20-,21+,22-,25-,27+,30-,33-/m0/s1. The summed E-state index contributed by atoms with van der Waals surface area (Å²) in [4.78, 5) is 15.7. The van der Waals surface area contributed by atoms with E-state index in [-0.39, 0.29) is 34.7 Å². The first-order valence-corrected chi connectivity index (χ1v) is 17.1. The van der Waals surface area contributed by atoms with Crippen molar-refractivity contribution in [3.8, 4) is 5.75 Å². The second-order valence-electron chi connectivity index (χ2n) is 13.1. The lowest BCUT2D eigenvalue weighted by Gasteiger charge is -2.45. The number of rotatable bonds is 0. The number of amides is 1. The van der Waals surface area contributed by atoms with E-state index in [1.165, 1.54) is 11.1 Å². The summed E-state index contributed by atoms with van der Waals surface area (Å²) in [7, 11) is -3.94. The molecule has 9 heteroatoms. The zero-order valence-corrected chi connectivity index (χ0v) is 26.1. The fraction of sp³-hybridized carbons (Fsp3) is 0.545. The topological polar surface area (TPSA) is 95.9 Å². The molecule has 7 atom stereocenters. The molecule has 42 heavy (non-hydrogen) atoms. The van der Waals surface area contributed by atoms with Gasteiger partial charge in [0.05, 0.1) is 23.6 Å². The molecule has 2 N–H and O–H groups in total. The second-order valence-corrected chi connectivity index (χ2v) is 15.5. The maximum Gasteiger partial charge on any atom is 0.264 e. The van der Waals surface area contributed by atoms with E-state index in [0.29, 0.717) is 25.4 Å². The predicted octanol–water partition coefficient (Wildman–Crippen LogP) is 5.49. The van der Waals surface area contributed by atoms with Crippen LogP contribution in [0.2, 0.25) is 5.02 Å². The third-order valence-corrected chi connectivity index (χ3v) is 12.7. The number of anilines is 1. The number of hydrogen-bond donors (Lipinski definition) is 2. The van der Waals surface area contributed by atoms with Crippen molar-refractivity contribution in [1.29, 1.82) is 0 Å². The first kappa shape index (κ1) is 29.5. The molecule has 1 saturated carbocycles. The third-order valence-electron chi connectivity index (χ3n) is 10.6. The van der Waals surface area contributed by atoms with Crippen molar-refractivity contribution in [2.45, 2.75) is 69.6 Å². The Morgan fingerprint density at radius 3 is 2.67 bits per heavy atom. The minimum atomic E-state index is -3.94. The minimum Gasteiger partial charge on any atom is -0.490 e. The van der Waals surface area contributed by atoms with Crippen LogP contribution in [0.4, 0.5) is 5.69 Å². The highest BCUT2D eigenvalue weighted by molar-refractivity contribution is 7.90. The van der Waals surface area contributed by atoms with Crippen molar-refractivity contribution in [3.05, 3.63) is 70.3 Å². The van der Waals surface area contributed by atoms with Crippen LogP contribution in [0.1, 0.15) is 67.9 Å². The number of aryl methyl sites for hydroxylation is 1. The molecule has 4 aliphatic rings. The SMILES string of the molecule is C[C@@H]1[C@@H](C)/C=C\[C@H](O)[C@@H]2CC[C@H]2CN2C[C@@]3(CCCc4cc(Cl)ccc43)COc3ccc(cc32)C(=O)NS(=O)(=O)[C@H]1C. The number of allylic oxidation sites excluding steroid dienone is 1. The van der Waals surface area contributed by atoms with Gasteiger partial charge in [0.2, 0.25) is 10.0 Å². The van der Waals surface area contributed by atoms with Crippen molar-refractivity contribution in [3.63, 3.8) is 0 Å². The van der Waals surface area contributed by atoms with Crippen LogP contribution in [-0.2, 0) is 21.9 Å². The smallest absolute Gasteiger partial charge is 0.264 e. The number of nitrogens with one attached hydrogen (secondary N) is 1. The van der Waals surface area contributed by atoms with E-state index >= 15 is 0 Å². The van der Waals surface area contributed by atoms with Gasteiger partial charge < -0.3 is 14.7 Å². The summed E-state index contributed by atoms with van der Waals surface area (Å²) >= 11 is 6.39. The summed E-state index contributed by atoms with van der Waals surface area (Å²) in [6.07, 6.45) is 8.11. The molecule has 7 nitrogen and oxygen atoms in total. The van der Waals surface area contributed by atoms with Crippen molar-refractivity contribution >= 4 is 33.2 Å². The molecule has 0 saturated heterocycles. The van der Waals surface area contributed by atoms with Crippen LogP contribution < -0.4 is 14.4 Å². The van der Waals surface area contributed by atoms with Crippen LogP contribution in [0.3, 0.4) is 0 Å². The van der Waals surface area contributed by atoms with Crippen molar-refractivity contribution < 1.29 is 23.1 Å². The van der Waals surface area contributed by atoms with Crippen LogP contribution in [-0.4, -0.2) is 50.5 Å². The van der Waals surface area contributed by atoms with Crippen LogP contribution in [0, 0.1) is 23.7 Å². The van der Waals surface area contributed by atoms with Gasteiger partial charge in [0.25, 0.3) is 5.91 Å². The number of hydrogen-bond acceptors (Lipinski definition) is 6. The Kier molecular flexibility index (Phi) is 7.86. The predicted molar refractivity (Wildman–Crippen MR) is 166 cm³/mol. The Morgan fingerprint density at radius 2 is 1.90 bits per heavy atom. The molecule has 1 amide bonds. The number of carbonyl (C=O) groups excluding carboxylic acids is 1. The normalized spacial score (nSPS) is 35.1. The highest BCUT2D eigenvalue weighted by Gasteiger charge is 2.44. The van der Waals surface area contributed by atoms with Gasteiger partial charge in [0, 0.05) is 29.1 Å². The van der Waals surface area contributed by atoms with Crippen molar-refractivity contribution in [1.82, 2.24) is 4.72 Å². The zero-order valence-electron chi connectivity index (χ0n) is 24.6. The minimum absolute atomic E-state index is 0.0962. The van der Waals surface area contributed by atoms with E-state index in [9.17, 15) is 18.3 Å². The molecule has 6 rings (SSSR count). The molecular weight excluding hydrogens is 572 g/mol. The molecule has 1 spiro atoms. The van der Waals surface area contributed by atoms with Gasteiger partial charge in [0.1, 0.15) is 5.75 Å². The van der Waals surface area contributed by atoms with Gasteiger partial charge in [-0.05, 0) is 104 Å². The first-order chi connectivity index (χ1) is 20.0. The molecule has 0 radical (unpaired) electrons. The van der Waals surface area contributed by atoms with Crippen LogP contribution in [0.25, 0.3) is 0 Å². The van der Waals surface area contributed by atoms with E-state index in [4.69, 9.17) is 16.3 Å². The Morgan fingerprint density at radius 1 is 1.10 bits per heavy atom. The molecule has 0 unspecified atom stereocenters. The Hall–Kier alpha value is -2.55. The molecule has 2 aromatic rings. The number of fused-ring (bicyclic) bond motifs is 4. The number of sulfonamides is 1. The maximum absolute atomic E-state index is 13.4. The molecule has 2 aromatic carbocycles. The van der Waals surface area contributed by atoms with Crippen LogP contribution >= 0.6 is 11.6 Å². The lowest BCUT2D eigenvalue weighted by molar-refractivity contribution is 0.0454. The van der Waals surface area contributed by atoms with E-state index < -0.39 is 27.3 Å². The molecule has 1 fully saturated rings. The van der Waals surface area contributed by atoms with Gasteiger partial charge >= 0.3 is 0 Å². The molecular formula is C33H41ClN2O5S. The third kappa shape index (κ3) is 5.35. The van der Waals surface area contributed by atoms with E-state index in [0.717, 1.165) is 42.8 Å². The summed E-state index contributed by atoms with van der Waals surface area (Å²) in [5.41, 5.74) is 3.32. The summed E-state index contributed by atoms with van der Waals surface area (Å²) in [5, 5.41) is 11.1. The van der Waals surface area contributed by atoms with Gasteiger partial charge in [-0.3, -0.25) is 4.79 Å². The van der Waals surface area contributed by atoms with Crippen LogP contribution in [0.5, 0.6) is 5.75 Å². The highest BCUT2D eigenvalue weighted by atomic mass is 35.5. The Balaban J connectivity index is 1.43. The average molecular weight is 613 g/mol. The lowest BCUT2D eigenvalue weighted by atomic mass is 9.68. The number of ether oxygens (including phenoxy) is 1. The Labute approximate surface area is 254 Å². The summed E-state index contributed by atoms with van der Waals surface area (Å²) < 4.78 is 35.4. The monoisotopic (exact) mass is 612 g/mol.